The van der Waals surface area contributed by atoms with E-state index in [-0.39, 0.29) is 0 Å². The van der Waals surface area contributed by atoms with Gasteiger partial charge in [-0.1, -0.05) is 0 Å². The van der Waals surface area contributed by atoms with E-state index in [1.165, 1.54) is 17.4 Å². The highest BCUT2D eigenvalue weighted by Crippen LogP contribution is 2.36. The molecule has 0 spiro atoms. The maximum atomic E-state index is 12.6. The van der Waals surface area contributed by atoms with E-state index in [1.807, 2.05) is 0 Å². The van der Waals surface area contributed by atoms with Gasteiger partial charge in [0.1, 0.15) is 5.01 Å². The Hall–Kier alpha value is -1.18. The number of fused-ring (bicyclic) bond motifs is 1. The van der Waals surface area contributed by atoms with E-state index in [9.17, 15) is 13.2 Å². The number of hydrogen-bond donors (Lipinski definition) is 1. The molecular formula is C12H11F3N2OS. The lowest BCUT2D eigenvalue weighted by Crippen LogP contribution is -2.36. The van der Waals surface area contributed by atoms with Gasteiger partial charge in [-0.25, -0.2) is 4.98 Å². The zero-order valence-corrected chi connectivity index (χ0v) is 10.6. The van der Waals surface area contributed by atoms with E-state index in [1.54, 1.807) is 0 Å². The molecule has 3 nitrogen and oxygen atoms in total. The molecule has 0 radical (unpaired) electrons. The molecule has 2 aromatic rings. The lowest BCUT2D eigenvalue weighted by atomic mass is 10.0. The molecule has 0 aliphatic carbocycles. The molecule has 0 saturated carbocycles. The molecule has 1 aromatic carbocycles. The highest BCUT2D eigenvalue weighted by Gasteiger charge is 2.36. The van der Waals surface area contributed by atoms with Crippen molar-refractivity contribution in [3.63, 3.8) is 0 Å². The van der Waals surface area contributed by atoms with Gasteiger partial charge in [-0.3, -0.25) is 0 Å². The molecule has 102 valence electrons. The monoisotopic (exact) mass is 288 g/mol. The van der Waals surface area contributed by atoms with Crippen LogP contribution in [0, 0.1) is 0 Å². The summed E-state index contributed by atoms with van der Waals surface area (Å²) in [5, 5.41) is 0.638. The van der Waals surface area contributed by atoms with Crippen LogP contribution in [0.1, 0.15) is 17.0 Å². The minimum absolute atomic E-state index is 0.339. The summed E-state index contributed by atoms with van der Waals surface area (Å²) in [5.74, 6) is 0. The van der Waals surface area contributed by atoms with E-state index in [2.05, 4.69) is 4.98 Å². The average molecular weight is 288 g/mol. The van der Waals surface area contributed by atoms with Gasteiger partial charge in [0.15, 0.2) is 0 Å². The second-order valence-corrected chi connectivity index (χ2v) is 5.69. The fourth-order valence-corrected chi connectivity index (χ4v) is 3.13. The predicted molar refractivity (Wildman–Crippen MR) is 65.9 cm³/mol. The van der Waals surface area contributed by atoms with Crippen LogP contribution in [-0.2, 0) is 16.5 Å². The molecule has 0 bridgehead atoms. The molecular weight excluding hydrogens is 277 g/mol. The summed E-state index contributed by atoms with van der Waals surface area (Å²) in [6.07, 6.45) is -3.71. The number of nitrogens with two attached hydrogens (primary N) is 1. The summed E-state index contributed by atoms with van der Waals surface area (Å²) in [6, 6.07) is 3.58. The Morgan fingerprint density at radius 1 is 1.37 bits per heavy atom. The van der Waals surface area contributed by atoms with Crippen LogP contribution < -0.4 is 5.73 Å². The van der Waals surface area contributed by atoms with Crippen molar-refractivity contribution in [2.45, 2.75) is 18.1 Å². The average Bonchev–Trinajstić information content (AvgIpc) is 2.93. The van der Waals surface area contributed by atoms with Gasteiger partial charge in [-0.2, -0.15) is 13.2 Å². The molecule has 1 aromatic heterocycles. The summed E-state index contributed by atoms with van der Waals surface area (Å²) < 4.78 is 43.8. The number of ether oxygens (including phenoxy) is 1. The number of alkyl halides is 3. The quantitative estimate of drug-likeness (QED) is 0.877. The summed E-state index contributed by atoms with van der Waals surface area (Å²) in [4.78, 5) is 4.25. The fourth-order valence-electron chi connectivity index (χ4n) is 2.07. The van der Waals surface area contributed by atoms with Crippen molar-refractivity contribution in [2.75, 3.05) is 13.2 Å². The Morgan fingerprint density at radius 2 is 2.16 bits per heavy atom. The third-order valence-corrected chi connectivity index (χ3v) is 4.45. The highest BCUT2D eigenvalue weighted by atomic mass is 32.1. The first-order valence-corrected chi connectivity index (χ1v) is 6.55. The Bertz CT molecular complexity index is 617. The minimum Gasteiger partial charge on any atom is -0.379 e. The van der Waals surface area contributed by atoms with Gasteiger partial charge in [0.05, 0.1) is 27.9 Å². The normalized spacial score (nSPS) is 24.2. The summed E-state index contributed by atoms with van der Waals surface area (Å²) in [5.41, 5.74) is 5.15. The van der Waals surface area contributed by atoms with Crippen molar-refractivity contribution in [3.8, 4) is 0 Å². The molecule has 2 heterocycles. The SMILES string of the molecule is NC1(c2nc3cc(C(F)(F)F)ccc3s2)CCOC1. The van der Waals surface area contributed by atoms with Crippen LogP contribution in [0.15, 0.2) is 18.2 Å². The third-order valence-electron chi connectivity index (χ3n) is 3.19. The second-order valence-electron chi connectivity index (χ2n) is 4.66. The standard InChI is InChI=1S/C12H11F3N2OS/c13-12(14,15)7-1-2-9-8(5-7)17-10(19-9)11(16)3-4-18-6-11/h1-2,5H,3-4,6,16H2. The largest absolute Gasteiger partial charge is 0.416 e. The number of nitrogens with zero attached hydrogens (tertiary/aromatic N) is 1. The third kappa shape index (κ3) is 2.22. The van der Waals surface area contributed by atoms with Gasteiger partial charge in [0, 0.05) is 6.61 Å². The van der Waals surface area contributed by atoms with Crippen LogP contribution in [0.5, 0.6) is 0 Å². The van der Waals surface area contributed by atoms with Crippen LogP contribution in [0.3, 0.4) is 0 Å². The van der Waals surface area contributed by atoms with E-state index in [0.717, 1.165) is 12.1 Å². The molecule has 7 heteroatoms. The Balaban J connectivity index is 2.06. The number of rotatable bonds is 1. The second kappa shape index (κ2) is 4.16. The van der Waals surface area contributed by atoms with Crippen molar-refractivity contribution < 1.29 is 17.9 Å². The zero-order chi connectivity index (χ0) is 13.7. The molecule has 2 N–H and O–H groups in total. The smallest absolute Gasteiger partial charge is 0.379 e. The van der Waals surface area contributed by atoms with E-state index < -0.39 is 17.3 Å². The Kier molecular flexibility index (Phi) is 2.81. The number of hydrogen-bond acceptors (Lipinski definition) is 4. The highest BCUT2D eigenvalue weighted by molar-refractivity contribution is 7.18. The summed E-state index contributed by atoms with van der Waals surface area (Å²) >= 11 is 1.33. The number of benzene rings is 1. The van der Waals surface area contributed by atoms with Gasteiger partial charge in [-0.15, -0.1) is 11.3 Å². The summed E-state index contributed by atoms with van der Waals surface area (Å²) in [7, 11) is 0. The molecule has 1 aliphatic rings. The van der Waals surface area contributed by atoms with Crippen LogP contribution >= 0.6 is 11.3 Å². The number of aromatic nitrogens is 1. The van der Waals surface area contributed by atoms with E-state index >= 15 is 0 Å². The Morgan fingerprint density at radius 3 is 2.79 bits per heavy atom. The van der Waals surface area contributed by atoms with Crippen LogP contribution in [0.2, 0.25) is 0 Å². The zero-order valence-electron chi connectivity index (χ0n) is 9.83. The van der Waals surface area contributed by atoms with Crippen molar-refractivity contribution in [2.24, 2.45) is 5.73 Å². The van der Waals surface area contributed by atoms with Crippen LogP contribution in [-0.4, -0.2) is 18.2 Å². The first kappa shape index (κ1) is 12.8. The molecule has 1 unspecified atom stereocenters. The van der Waals surface area contributed by atoms with Gasteiger partial charge in [0.25, 0.3) is 0 Å². The topological polar surface area (TPSA) is 48.1 Å². The van der Waals surface area contributed by atoms with Crippen molar-refractivity contribution in [1.82, 2.24) is 4.98 Å². The number of thiazole rings is 1. The maximum Gasteiger partial charge on any atom is 0.416 e. The first-order chi connectivity index (χ1) is 8.88. The number of halogens is 3. The molecule has 0 amide bonds. The van der Waals surface area contributed by atoms with Gasteiger partial charge in [0.2, 0.25) is 0 Å². The van der Waals surface area contributed by atoms with E-state index in [0.29, 0.717) is 34.9 Å². The molecule has 19 heavy (non-hydrogen) atoms. The molecule has 1 fully saturated rings. The lowest BCUT2D eigenvalue weighted by Gasteiger charge is -2.17. The Labute approximate surface area is 111 Å². The maximum absolute atomic E-state index is 12.6. The first-order valence-electron chi connectivity index (χ1n) is 5.73. The van der Waals surface area contributed by atoms with Gasteiger partial charge < -0.3 is 10.5 Å². The van der Waals surface area contributed by atoms with E-state index in [4.69, 9.17) is 10.5 Å². The predicted octanol–water partition coefficient (Wildman–Crippen LogP) is 2.89. The fraction of sp³-hybridized carbons (Fsp3) is 0.417. The van der Waals surface area contributed by atoms with Crippen molar-refractivity contribution >= 4 is 21.6 Å². The minimum atomic E-state index is -4.35. The molecule has 1 atom stereocenters. The van der Waals surface area contributed by atoms with Gasteiger partial charge >= 0.3 is 6.18 Å². The van der Waals surface area contributed by atoms with Gasteiger partial charge in [-0.05, 0) is 24.6 Å². The van der Waals surface area contributed by atoms with Crippen LogP contribution in [0.25, 0.3) is 10.2 Å². The van der Waals surface area contributed by atoms with Crippen molar-refractivity contribution in [3.05, 3.63) is 28.8 Å². The van der Waals surface area contributed by atoms with Crippen LogP contribution in [0.4, 0.5) is 13.2 Å². The summed E-state index contributed by atoms with van der Waals surface area (Å²) in [6.45, 7) is 0.916. The van der Waals surface area contributed by atoms with Crippen molar-refractivity contribution in [1.29, 1.82) is 0 Å². The molecule has 3 rings (SSSR count). The lowest BCUT2D eigenvalue weighted by molar-refractivity contribution is -0.137. The molecule has 1 aliphatic heterocycles. The molecule has 1 saturated heterocycles.